The van der Waals surface area contributed by atoms with Gasteiger partial charge in [0.25, 0.3) is 10.1 Å². The van der Waals surface area contributed by atoms with Crippen molar-refractivity contribution in [3.05, 3.63) is 0 Å². The first-order valence-corrected chi connectivity index (χ1v) is 4.76. The van der Waals surface area contributed by atoms with Gasteiger partial charge in [-0.15, -0.1) is 0 Å². The van der Waals surface area contributed by atoms with E-state index in [1.165, 1.54) is 0 Å². The normalized spacial score (nSPS) is 13.5. The van der Waals surface area contributed by atoms with Gasteiger partial charge in [0.05, 0.1) is 0 Å². The summed E-state index contributed by atoms with van der Waals surface area (Å²) in [6, 6.07) is -1.56. The van der Waals surface area contributed by atoms with Crippen LogP contribution in [0, 0.1) is 0 Å². The molecule has 0 aliphatic rings. The molecule has 0 aromatic rings. The summed E-state index contributed by atoms with van der Waals surface area (Å²) in [6.45, 7) is 0.970. The summed E-state index contributed by atoms with van der Waals surface area (Å²) in [5.41, 5.74) is 4.99. The Balaban J connectivity index is 4.20. The minimum absolute atomic E-state index is 0.893. The van der Waals surface area contributed by atoms with Gasteiger partial charge in [0.1, 0.15) is 11.8 Å². The van der Waals surface area contributed by atoms with E-state index in [4.69, 9.17) is 10.3 Å². The molecule has 0 heterocycles. The molecular weight excluding hydrogens is 202 g/mol. The molecule has 3 N–H and O–H groups in total. The predicted octanol–water partition coefficient (Wildman–Crippen LogP) is -1.71. The molecule has 0 aliphatic carbocycles. The van der Waals surface area contributed by atoms with Crippen LogP contribution in [0.15, 0.2) is 0 Å². The average molecular weight is 211 g/mol. The molecule has 0 unspecified atom stereocenters. The van der Waals surface area contributed by atoms with Crippen LogP contribution >= 0.6 is 0 Å². The fourth-order valence-electron chi connectivity index (χ4n) is 0.512. The lowest BCUT2D eigenvalue weighted by atomic mass is 10.4. The van der Waals surface area contributed by atoms with Crippen LogP contribution < -0.4 is 5.73 Å². The SMILES string of the molecule is CC(=O)OC(=O)[C@H](N)CS(=O)(=O)O. The summed E-state index contributed by atoms with van der Waals surface area (Å²) in [4.78, 5) is 20.9. The molecule has 0 aromatic carbocycles. The maximum absolute atomic E-state index is 10.7. The molecule has 0 spiro atoms. The van der Waals surface area contributed by atoms with Crippen LogP contribution in [0.1, 0.15) is 6.92 Å². The van der Waals surface area contributed by atoms with Crippen molar-refractivity contribution >= 4 is 22.1 Å². The van der Waals surface area contributed by atoms with Crippen LogP contribution in [-0.2, 0) is 24.4 Å². The molecule has 0 radical (unpaired) electrons. The standard InChI is InChI=1S/C5H9NO6S/c1-3(7)12-5(8)4(6)2-13(9,10)11/h4H,2,6H2,1H3,(H,9,10,11)/t4-/m1/s1. The van der Waals surface area contributed by atoms with Crippen molar-refractivity contribution in [1.82, 2.24) is 0 Å². The molecule has 0 aromatic heterocycles. The fraction of sp³-hybridized carbons (Fsp3) is 0.600. The molecule has 0 amide bonds. The molecule has 13 heavy (non-hydrogen) atoms. The van der Waals surface area contributed by atoms with Crippen molar-refractivity contribution < 1.29 is 27.3 Å². The van der Waals surface area contributed by atoms with Crippen LogP contribution in [-0.4, -0.2) is 36.7 Å². The Hall–Kier alpha value is -0.990. The molecule has 0 rings (SSSR count). The second-order valence-corrected chi connectivity index (χ2v) is 3.76. The van der Waals surface area contributed by atoms with Crippen molar-refractivity contribution in [1.29, 1.82) is 0 Å². The average Bonchev–Trinajstić information content (AvgIpc) is 1.81. The van der Waals surface area contributed by atoms with Gasteiger partial charge in [-0.25, -0.2) is 4.79 Å². The zero-order valence-corrected chi connectivity index (χ0v) is 7.58. The van der Waals surface area contributed by atoms with Gasteiger partial charge >= 0.3 is 11.9 Å². The van der Waals surface area contributed by atoms with E-state index in [0.29, 0.717) is 0 Å². The molecular formula is C5H9NO6S. The highest BCUT2D eigenvalue weighted by Gasteiger charge is 2.22. The summed E-state index contributed by atoms with van der Waals surface area (Å²) in [7, 11) is -4.34. The van der Waals surface area contributed by atoms with Gasteiger partial charge < -0.3 is 10.5 Å². The Morgan fingerprint density at radius 3 is 2.31 bits per heavy atom. The number of rotatable bonds is 3. The summed E-state index contributed by atoms with van der Waals surface area (Å²) < 4.78 is 32.7. The van der Waals surface area contributed by atoms with E-state index < -0.39 is 33.9 Å². The number of carbonyl (C=O) groups is 2. The minimum atomic E-state index is -4.34. The maximum Gasteiger partial charge on any atom is 0.331 e. The van der Waals surface area contributed by atoms with Gasteiger partial charge in [0, 0.05) is 6.92 Å². The number of esters is 2. The Bertz CT molecular complexity index is 307. The van der Waals surface area contributed by atoms with E-state index in [1.54, 1.807) is 0 Å². The van der Waals surface area contributed by atoms with Crippen molar-refractivity contribution in [2.75, 3.05) is 5.75 Å². The summed E-state index contributed by atoms with van der Waals surface area (Å²) in [6.07, 6.45) is 0. The second-order valence-electron chi connectivity index (χ2n) is 2.27. The van der Waals surface area contributed by atoms with E-state index in [0.717, 1.165) is 6.92 Å². The first-order valence-electron chi connectivity index (χ1n) is 3.15. The molecule has 1 atom stereocenters. The molecule has 0 aliphatic heterocycles. The third-order valence-corrected chi connectivity index (χ3v) is 1.72. The minimum Gasteiger partial charge on any atom is -0.392 e. The number of nitrogens with two attached hydrogens (primary N) is 1. The van der Waals surface area contributed by atoms with Crippen LogP contribution in [0.3, 0.4) is 0 Å². The Morgan fingerprint density at radius 2 is 2.00 bits per heavy atom. The van der Waals surface area contributed by atoms with E-state index in [9.17, 15) is 18.0 Å². The van der Waals surface area contributed by atoms with Gasteiger partial charge in [0.2, 0.25) is 0 Å². The first kappa shape index (κ1) is 12.0. The third-order valence-electron chi connectivity index (χ3n) is 0.937. The van der Waals surface area contributed by atoms with Crippen LogP contribution in [0.4, 0.5) is 0 Å². The lowest BCUT2D eigenvalue weighted by Crippen LogP contribution is -2.39. The quantitative estimate of drug-likeness (QED) is 0.323. The van der Waals surface area contributed by atoms with Crippen molar-refractivity contribution in [2.45, 2.75) is 13.0 Å². The largest absolute Gasteiger partial charge is 0.392 e. The molecule has 7 nitrogen and oxygen atoms in total. The lowest BCUT2D eigenvalue weighted by Gasteiger charge is -2.06. The monoisotopic (exact) mass is 211 g/mol. The van der Waals surface area contributed by atoms with Gasteiger partial charge in [-0.1, -0.05) is 0 Å². The molecule has 0 saturated carbocycles. The molecule has 0 saturated heterocycles. The Kier molecular flexibility index (Phi) is 3.98. The van der Waals surface area contributed by atoms with Gasteiger partial charge in [-0.2, -0.15) is 8.42 Å². The van der Waals surface area contributed by atoms with Crippen LogP contribution in [0.2, 0.25) is 0 Å². The Morgan fingerprint density at radius 1 is 1.54 bits per heavy atom. The predicted molar refractivity (Wildman–Crippen MR) is 41.2 cm³/mol. The lowest BCUT2D eigenvalue weighted by molar-refractivity contribution is -0.158. The van der Waals surface area contributed by atoms with Crippen molar-refractivity contribution in [3.8, 4) is 0 Å². The molecule has 8 heteroatoms. The van der Waals surface area contributed by atoms with Gasteiger partial charge in [0.15, 0.2) is 0 Å². The van der Waals surface area contributed by atoms with Crippen LogP contribution in [0.5, 0.6) is 0 Å². The second kappa shape index (κ2) is 4.30. The zero-order valence-electron chi connectivity index (χ0n) is 6.76. The highest BCUT2D eigenvalue weighted by molar-refractivity contribution is 7.85. The van der Waals surface area contributed by atoms with Crippen molar-refractivity contribution in [3.63, 3.8) is 0 Å². The van der Waals surface area contributed by atoms with Crippen molar-refractivity contribution in [2.24, 2.45) is 5.73 Å². The number of carbonyl (C=O) groups excluding carboxylic acids is 2. The topological polar surface area (TPSA) is 124 Å². The smallest absolute Gasteiger partial charge is 0.331 e. The maximum atomic E-state index is 10.7. The molecule has 0 fully saturated rings. The fourth-order valence-corrected chi connectivity index (χ4v) is 1.10. The highest BCUT2D eigenvalue weighted by Crippen LogP contribution is 1.91. The van der Waals surface area contributed by atoms with Gasteiger partial charge in [-0.3, -0.25) is 9.35 Å². The van der Waals surface area contributed by atoms with E-state index in [1.807, 2.05) is 0 Å². The first-order chi connectivity index (χ1) is 5.72. The Labute approximate surface area is 74.6 Å². The zero-order chi connectivity index (χ0) is 10.6. The molecule has 76 valence electrons. The number of hydrogen-bond donors (Lipinski definition) is 2. The third kappa shape index (κ3) is 6.20. The highest BCUT2D eigenvalue weighted by atomic mass is 32.2. The van der Waals surface area contributed by atoms with Gasteiger partial charge in [-0.05, 0) is 0 Å². The molecule has 0 bridgehead atoms. The number of ether oxygens (including phenoxy) is 1. The summed E-state index contributed by atoms with van der Waals surface area (Å²) in [5.74, 6) is -3.06. The number of hydrogen-bond acceptors (Lipinski definition) is 6. The van der Waals surface area contributed by atoms with E-state index in [2.05, 4.69) is 4.74 Å². The van der Waals surface area contributed by atoms with E-state index in [-0.39, 0.29) is 0 Å². The summed E-state index contributed by atoms with van der Waals surface area (Å²) in [5, 5.41) is 0. The van der Waals surface area contributed by atoms with Crippen LogP contribution in [0.25, 0.3) is 0 Å². The van der Waals surface area contributed by atoms with E-state index >= 15 is 0 Å². The summed E-state index contributed by atoms with van der Waals surface area (Å²) >= 11 is 0.